The van der Waals surface area contributed by atoms with Crippen molar-refractivity contribution in [3.8, 4) is 0 Å². The average molecular weight is 234 g/mol. The zero-order chi connectivity index (χ0) is 11.9. The molecule has 3 N–H and O–H groups in total. The Balaban J connectivity index is 1.55. The molecule has 0 bridgehead atoms. The molecule has 0 saturated heterocycles. The molecule has 17 heavy (non-hydrogen) atoms. The van der Waals surface area contributed by atoms with Gasteiger partial charge in [0.25, 0.3) is 0 Å². The molecule has 1 aliphatic carbocycles. The van der Waals surface area contributed by atoms with Gasteiger partial charge in [0.15, 0.2) is 0 Å². The molecule has 1 aliphatic rings. The van der Waals surface area contributed by atoms with Crippen LogP contribution in [-0.4, -0.2) is 25.2 Å². The van der Waals surface area contributed by atoms with Crippen molar-refractivity contribution < 1.29 is 4.74 Å². The summed E-state index contributed by atoms with van der Waals surface area (Å²) in [5.74, 6) is 0. The van der Waals surface area contributed by atoms with Crippen molar-refractivity contribution in [1.29, 1.82) is 0 Å². The highest BCUT2D eigenvalue weighted by Gasteiger charge is 2.28. The summed E-state index contributed by atoms with van der Waals surface area (Å²) in [7, 11) is 0. The third kappa shape index (κ3) is 4.11. The van der Waals surface area contributed by atoms with E-state index in [4.69, 9.17) is 10.5 Å². The van der Waals surface area contributed by atoms with Gasteiger partial charge in [-0.25, -0.2) is 0 Å². The van der Waals surface area contributed by atoms with Gasteiger partial charge < -0.3 is 15.8 Å². The lowest BCUT2D eigenvalue weighted by Crippen LogP contribution is -2.45. The van der Waals surface area contributed by atoms with E-state index in [0.29, 0.717) is 12.1 Å². The zero-order valence-electron chi connectivity index (χ0n) is 10.3. The molecule has 0 heterocycles. The molecule has 0 amide bonds. The number of ether oxygens (including phenoxy) is 1. The van der Waals surface area contributed by atoms with E-state index >= 15 is 0 Å². The van der Waals surface area contributed by atoms with Gasteiger partial charge in [0.1, 0.15) is 0 Å². The van der Waals surface area contributed by atoms with Gasteiger partial charge in [0, 0.05) is 6.04 Å². The zero-order valence-corrected chi connectivity index (χ0v) is 10.3. The fourth-order valence-electron chi connectivity index (χ4n) is 2.06. The quantitative estimate of drug-likeness (QED) is 0.706. The highest BCUT2D eigenvalue weighted by molar-refractivity contribution is 5.13. The largest absolute Gasteiger partial charge is 0.373 e. The molecule has 0 spiro atoms. The molecule has 0 radical (unpaired) electrons. The maximum Gasteiger partial charge on any atom is 0.0720 e. The van der Waals surface area contributed by atoms with E-state index in [2.05, 4.69) is 29.6 Å². The van der Waals surface area contributed by atoms with Gasteiger partial charge in [0.2, 0.25) is 0 Å². The molecule has 94 valence electrons. The number of hydrogen-bond donors (Lipinski definition) is 2. The lowest BCUT2D eigenvalue weighted by atomic mass is 9.89. The Morgan fingerprint density at radius 2 is 2.00 bits per heavy atom. The third-order valence-corrected chi connectivity index (χ3v) is 3.24. The minimum atomic E-state index is 0.436. The first-order chi connectivity index (χ1) is 8.38. The molecule has 0 aromatic heterocycles. The van der Waals surface area contributed by atoms with Crippen LogP contribution in [0.3, 0.4) is 0 Å². The maximum absolute atomic E-state index is 5.84. The number of nitrogens with two attached hydrogens (primary N) is 1. The van der Waals surface area contributed by atoms with Gasteiger partial charge in [-0.2, -0.15) is 0 Å². The third-order valence-electron chi connectivity index (χ3n) is 3.24. The van der Waals surface area contributed by atoms with Crippen LogP contribution in [0.15, 0.2) is 30.3 Å². The molecule has 0 atom stereocenters. The summed E-state index contributed by atoms with van der Waals surface area (Å²) in [6, 6.07) is 11.0. The van der Waals surface area contributed by atoms with Gasteiger partial charge in [-0.1, -0.05) is 30.3 Å². The second kappa shape index (κ2) is 6.74. The Labute approximate surface area is 103 Å². The van der Waals surface area contributed by atoms with Crippen molar-refractivity contribution in [2.75, 3.05) is 13.1 Å². The highest BCUT2D eigenvalue weighted by atomic mass is 16.5. The van der Waals surface area contributed by atoms with E-state index in [9.17, 15) is 0 Å². The van der Waals surface area contributed by atoms with Crippen LogP contribution in [0, 0.1) is 0 Å². The lowest BCUT2D eigenvalue weighted by molar-refractivity contribution is -0.0264. The number of nitrogens with one attached hydrogen (secondary N) is 1. The first-order valence-corrected chi connectivity index (χ1v) is 6.47. The Hall–Kier alpha value is -0.900. The van der Waals surface area contributed by atoms with Crippen molar-refractivity contribution in [2.24, 2.45) is 5.73 Å². The lowest BCUT2D eigenvalue weighted by Gasteiger charge is -2.35. The maximum atomic E-state index is 5.84. The molecule has 2 rings (SSSR count). The molecule has 0 unspecified atom stereocenters. The van der Waals surface area contributed by atoms with Crippen LogP contribution >= 0.6 is 0 Å². The molecule has 1 aromatic carbocycles. The van der Waals surface area contributed by atoms with Crippen molar-refractivity contribution in [2.45, 2.75) is 38.0 Å². The van der Waals surface area contributed by atoms with Crippen LogP contribution in [0.5, 0.6) is 0 Å². The number of hydrogen-bond acceptors (Lipinski definition) is 3. The van der Waals surface area contributed by atoms with E-state index in [1.807, 2.05) is 6.07 Å². The molecule has 3 heteroatoms. The second-order valence-electron chi connectivity index (χ2n) is 4.68. The SMILES string of the molecule is NCCCNC1CC(OCc2ccccc2)C1. The predicted octanol–water partition coefficient (Wildman–Crippen LogP) is 1.67. The average Bonchev–Trinajstić information content (AvgIpc) is 2.32. The molecule has 1 saturated carbocycles. The summed E-state index contributed by atoms with van der Waals surface area (Å²) in [6.45, 7) is 2.54. The predicted molar refractivity (Wildman–Crippen MR) is 69.7 cm³/mol. The molecule has 3 nitrogen and oxygen atoms in total. The van der Waals surface area contributed by atoms with Gasteiger partial charge >= 0.3 is 0 Å². The van der Waals surface area contributed by atoms with Crippen molar-refractivity contribution >= 4 is 0 Å². The first kappa shape index (κ1) is 12.6. The topological polar surface area (TPSA) is 47.3 Å². The minimum Gasteiger partial charge on any atom is -0.373 e. The molecule has 1 aromatic rings. The molecular formula is C14H22N2O. The van der Waals surface area contributed by atoms with Crippen LogP contribution in [0.25, 0.3) is 0 Å². The summed E-state index contributed by atoms with van der Waals surface area (Å²) >= 11 is 0. The fourth-order valence-corrected chi connectivity index (χ4v) is 2.06. The Morgan fingerprint density at radius 3 is 2.71 bits per heavy atom. The van der Waals surface area contributed by atoms with Crippen molar-refractivity contribution in [1.82, 2.24) is 5.32 Å². The van der Waals surface area contributed by atoms with Crippen molar-refractivity contribution in [3.05, 3.63) is 35.9 Å². The molecular weight excluding hydrogens is 212 g/mol. The second-order valence-corrected chi connectivity index (χ2v) is 4.68. The van der Waals surface area contributed by atoms with Crippen LogP contribution in [0.2, 0.25) is 0 Å². The van der Waals surface area contributed by atoms with E-state index in [1.54, 1.807) is 0 Å². The fraction of sp³-hybridized carbons (Fsp3) is 0.571. The van der Waals surface area contributed by atoms with Crippen LogP contribution in [0.4, 0.5) is 0 Å². The summed E-state index contributed by atoms with van der Waals surface area (Å²) < 4.78 is 5.84. The standard InChI is InChI=1S/C14H22N2O/c15-7-4-8-16-13-9-14(10-13)17-11-12-5-2-1-3-6-12/h1-3,5-6,13-14,16H,4,7-11,15H2. The van der Waals surface area contributed by atoms with E-state index in [-0.39, 0.29) is 0 Å². The van der Waals surface area contributed by atoms with E-state index in [0.717, 1.165) is 39.0 Å². The smallest absolute Gasteiger partial charge is 0.0720 e. The Kier molecular flexibility index (Phi) is 4.98. The van der Waals surface area contributed by atoms with Crippen molar-refractivity contribution in [3.63, 3.8) is 0 Å². The minimum absolute atomic E-state index is 0.436. The number of benzene rings is 1. The van der Waals surface area contributed by atoms with Crippen LogP contribution in [0.1, 0.15) is 24.8 Å². The van der Waals surface area contributed by atoms with Gasteiger partial charge in [-0.15, -0.1) is 0 Å². The monoisotopic (exact) mass is 234 g/mol. The summed E-state index contributed by atoms with van der Waals surface area (Å²) in [4.78, 5) is 0. The van der Waals surface area contributed by atoms with Gasteiger partial charge in [-0.05, 0) is 37.9 Å². The van der Waals surface area contributed by atoms with Crippen LogP contribution < -0.4 is 11.1 Å². The van der Waals surface area contributed by atoms with E-state index in [1.165, 1.54) is 5.56 Å². The van der Waals surface area contributed by atoms with Gasteiger partial charge in [0.05, 0.1) is 12.7 Å². The molecule has 1 fully saturated rings. The summed E-state index contributed by atoms with van der Waals surface area (Å²) in [5, 5.41) is 3.49. The summed E-state index contributed by atoms with van der Waals surface area (Å²) in [5.41, 5.74) is 6.71. The normalized spacial score (nSPS) is 23.4. The van der Waals surface area contributed by atoms with E-state index < -0.39 is 0 Å². The van der Waals surface area contributed by atoms with Gasteiger partial charge in [-0.3, -0.25) is 0 Å². The Morgan fingerprint density at radius 1 is 1.24 bits per heavy atom. The molecule has 0 aliphatic heterocycles. The first-order valence-electron chi connectivity index (χ1n) is 6.47. The highest BCUT2D eigenvalue weighted by Crippen LogP contribution is 2.24. The summed E-state index contributed by atoms with van der Waals surface area (Å²) in [6.07, 6.45) is 3.77. The Bertz CT molecular complexity index is 309. The number of rotatable bonds is 7. The van der Waals surface area contributed by atoms with Crippen LogP contribution in [-0.2, 0) is 11.3 Å².